The van der Waals surface area contributed by atoms with Crippen LogP contribution in [0.25, 0.3) is 0 Å². The van der Waals surface area contributed by atoms with Gasteiger partial charge in [-0.1, -0.05) is 0 Å². The number of furan rings is 1. The minimum absolute atomic E-state index is 0.00378. The second-order valence-electron chi connectivity index (χ2n) is 6.21. The number of anilines is 2. The van der Waals surface area contributed by atoms with Crippen molar-refractivity contribution in [2.24, 2.45) is 0 Å². The summed E-state index contributed by atoms with van der Waals surface area (Å²) >= 11 is 0. The molecule has 3 aromatic rings. The molecule has 0 radical (unpaired) electrons. The SMILES string of the molecule is O=C(Nc1ccc(NC(=O)c2ccco2)cc1C(F)(F)F)c1ccc2c(c1)OCO2. The lowest BCUT2D eigenvalue weighted by atomic mass is 10.1. The largest absolute Gasteiger partial charge is 0.459 e. The van der Waals surface area contributed by atoms with E-state index in [1.807, 2.05) is 0 Å². The Morgan fingerprint density at radius 1 is 0.900 bits per heavy atom. The van der Waals surface area contributed by atoms with Crippen LogP contribution in [0.3, 0.4) is 0 Å². The van der Waals surface area contributed by atoms with Gasteiger partial charge < -0.3 is 24.5 Å². The Balaban J connectivity index is 1.58. The van der Waals surface area contributed by atoms with E-state index < -0.39 is 29.2 Å². The Labute approximate surface area is 167 Å². The van der Waals surface area contributed by atoms with Gasteiger partial charge in [-0.3, -0.25) is 9.59 Å². The van der Waals surface area contributed by atoms with Gasteiger partial charge in [-0.25, -0.2) is 0 Å². The summed E-state index contributed by atoms with van der Waals surface area (Å²) in [6, 6.07) is 10.2. The number of amides is 2. The summed E-state index contributed by atoms with van der Waals surface area (Å²) in [6.07, 6.45) is -3.51. The molecule has 2 N–H and O–H groups in total. The van der Waals surface area contributed by atoms with Crippen LogP contribution >= 0.6 is 0 Å². The van der Waals surface area contributed by atoms with Crippen LogP contribution in [0.15, 0.2) is 59.2 Å². The highest BCUT2D eigenvalue weighted by atomic mass is 19.4. The third-order valence-corrected chi connectivity index (χ3v) is 4.21. The molecule has 30 heavy (non-hydrogen) atoms. The number of halogens is 3. The van der Waals surface area contributed by atoms with Crippen LogP contribution in [0.2, 0.25) is 0 Å². The molecule has 1 aromatic heterocycles. The third-order valence-electron chi connectivity index (χ3n) is 4.21. The molecular formula is C20H13F3N2O5. The molecule has 0 bridgehead atoms. The Morgan fingerprint density at radius 2 is 1.70 bits per heavy atom. The van der Waals surface area contributed by atoms with Crippen molar-refractivity contribution in [3.05, 3.63) is 71.7 Å². The van der Waals surface area contributed by atoms with Gasteiger partial charge >= 0.3 is 6.18 Å². The smallest absolute Gasteiger partial charge is 0.418 e. The predicted molar refractivity (Wildman–Crippen MR) is 98.6 cm³/mol. The lowest BCUT2D eigenvalue weighted by Gasteiger charge is -2.16. The van der Waals surface area contributed by atoms with Gasteiger partial charge in [0.25, 0.3) is 11.8 Å². The zero-order chi connectivity index (χ0) is 21.3. The first-order valence-corrected chi connectivity index (χ1v) is 8.58. The maximum absolute atomic E-state index is 13.6. The highest BCUT2D eigenvalue weighted by Crippen LogP contribution is 2.37. The first kappa shape index (κ1) is 19.4. The van der Waals surface area contributed by atoms with Gasteiger partial charge in [0.1, 0.15) is 0 Å². The molecule has 0 unspecified atom stereocenters. The quantitative estimate of drug-likeness (QED) is 0.650. The van der Waals surface area contributed by atoms with Gasteiger partial charge in [0.15, 0.2) is 17.3 Å². The van der Waals surface area contributed by atoms with E-state index >= 15 is 0 Å². The lowest BCUT2D eigenvalue weighted by Crippen LogP contribution is -2.18. The average molecular weight is 418 g/mol. The average Bonchev–Trinajstić information content (AvgIpc) is 3.39. The molecule has 2 aromatic carbocycles. The second kappa shape index (κ2) is 7.47. The van der Waals surface area contributed by atoms with Gasteiger partial charge in [-0.15, -0.1) is 0 Å². The molecule has 1 aliphatic heterocycles. The van der Waals surface area contributed by atoms with E-state index in [0.717, 1.165) is 12.1 Å². The molecule has 4 rings (SSSR count). The molecule has 0 saturated heterocycles. The van der Waals surface area contributed by atoms with Crippen molar-refractivity contribution in [2.45, 2.75) is 6.18 Å². The molecule has 1 aliphatic rings. The Kier molecular flexibility index (Phi) is 4.82. The van der Waals surface area contributed by atoms with E-state index in [4.69, 9.17) is 13.9 Å². The summed E-state index contributed by atoms with van der Waals surface area (Å²) in [6.45, 7) is 0.00378. The zero-order valence-corrected chi connectivity index (χ0v) is 15.1. The Bertz CT molecular complexity index is 1110. The lowest BCUT2D eigenvalue weighted by molar-refractivity contribution is -0.136. The van der Waals surface area contributed by atoms with Crippen LogP contribution in [0.4, 0.5) is 24.5 Å². The molecular weight excluding hydrogens is 405 g/mol. The number of benzene rings is 2. The monoisotopic (exact) mass is 418 g/mol. The highest BCUT2D eigenvalue weighted by molar-refractivity contribution is 6.06. The van der Waals surface area contributed by atoms with Crippen molar-refractivity contribution < 1.29 is 36.7 Å². The third kappa shape index (κ3) is 3.93. The molecule has 0 aliphatic carbocycles. The van der Waals surface area contributed by atoms with Crippen molar-refractivity contribution in [1.29, 1.82) is 0 Å². The number of hydrogen-bond donors (Lipinski definition) is 2. The normalized spacial score (nSPS) is 12.5. The molecule has 7 nitrogen and oxygen atoms in total. The van der Waals surface area contributed by atoms with Gasteiger partial charge in [0.05, 0.1) is 17.5 Å². The van der Waals surface area contributed by atoms with E-state index in [0.29, 0.717) is 11.5 Å². The number of alkyl halides is 3. The van der Waals surface area contributed by atoms with E-state index in [2.05, 4.69) is 10.6 Å². The van der Waals surface area contributed by atoms with E-state index in [1.165, 1.54) is 42.7 Å². The molecule has 0 fully saturated rings. The van der Waals surface area contributed by atoms with E-state index in [1.54, 1.807) is 0 Å². The van der Waals surface area contributed by atoms with Crippen molar-refractivity contribution in [3.8, 4) is 11.5 Å². The van der Waals surface area contributed by atoms with Gasteiger partial charge in [-0.05, 0) is 48.5 Å². The van der Waals surface area contributed by atoms with Crippen molar-refractivity contribution >= 4 is 23.2 Å². The summed E-state index contributed by atoms with van der Waals surface area (Å²) < 4.78 is 55.9. The number of hydrogen-bond acceptors (Lipinski definition) is 5. The first-order valence-electron chi connectivity index (χ1n) is 8.58. The molecule has 10 heteroatoms. The number of fused-ring (bicyclic) bond motifs is 1. The van der Waals surface area contributed by atoms with Crippen LogP contribution in [-0.4, -0.2) is 18.6 Å². The van der Waals surface area contributed by atoms with Crippen molar-refractivity contribution in [2.75, 3.05) is 17.4 Å². The van der Waals surface area contributed by atoms with Crippen LogP contribution in [0, 0.1) is 0 Å². The number of ether oxygens (including phenoxy) is 2. The molecule has 0 saturated carbocycles. The summed E-state index contributed by atoms with van der Waals surface area (Å²) in [4.78, 5) is 24.5. The summed E-state index contributed by atoms with van der Waals surface area (Å²) in [5.74, 6) is -0.742. The minimum atomic E-state index is -4.77. The molecule has 0 atom stereocenters. The van der Waals surface area contributed by atoms with Crippen LogP contribution in [0.5, 0.6) is 11.5 Å². The molecule has 0 spiro atoms. The van der Waals surface area contributed by atoms with Crippen molar-refractivity contribution in [1.82, 2.24) is 0 Å². The summed E-state index contributed by atoms with van der Waals surface area (Å²) in [5, 5.41) is 4.57. The highest BCUT2D eigenvalue weighted by Gasteiger charge is 2.34. The fourth-order valence-electron chi connectivity index (χ4n) is 2.80. The van der Waals surface area contributed by atoms with Crippen LogP contribution in [-0.2, 0) is 6.18 Å². The maximum Gasteiger partial charge on any atom is 0.418 e. The zero-order valence-electron chi connectivity index (χ0n) is 15.1. The number of nitrogens with one attached hydrogen (secondary N) is 2. The molecule has 154 valence electrons. The van der Waals surface area contributed by atoms with Crippen molar-refractivity contribution in [3.63, 3.8) is 0 Å². The van der Waals surface area contributed by atoms with Gasteiger partial charge in [-0.2, -0.15) is 13.2 Å². The first-order chi connectivity index (χ1) is 14.3. The fraction of sp³-hybridized carbons (Fsp3) is 0.100. The molecule has 2 amide bonds. The number of carbonyl (C=O) groups is 2. The topological polar surface area (TPSA) is 89.8 Å². The fourth-order valence-corrected chi connectivity index (χ4v) is 2.80. The maximum atomic E-state index is 13.6. The van der Waals surface area contributed by atoms with Gasteiger partial charge in [0.2, 0.25) is 6.79 Å². The number of carbonyl (C=O) groups excluding carboxylic acids is 2. The predicted octanol–water partition coefficient (Wildman–Crippen LogP) is 4.53. The van der Waals surface area contributed by atoms with Crippen LogP contribution < -0.4 is 20.1 Å². The number of rotatable bonds is 4. The summed E-state index contributed by atoms with van der Waals surface area (Å²) in [7, 11) is 0. The van der Waals surface area contributed by atoms with Gasteiger partial charge in [0, 0.05) is 11.3 Å². The van der Waals surface area contributed by atoms with E-state index in [-0.39, 0.29) is 23.8 Å². The Hall–Kier alpha value is -3.95. The Morgan fingerprint density at radius 3 is 2.43 bits per heavy atom. The standard InChI is InChI=1S/C20H13F3N2O5/c21-20(22,23)13-9-12(24-19(27)16-2-1-7-28-16)4-5-14(13)25-18(26)11-3-6-15-17(8-11)30-10-29-15/h1-9H,10H2,(H,24,27)(H,25,26). The molecule has 2 heterocycles. The second-order valence-corrected chi connectivity index (χ2v) is 6.21. The van der Waals surface area contributed by atoms with E-state index in [9.17, 15) is 22.8 Å². The van der Waals surface area contributed by atoms with Crippen LogP contribution in [0.1, 0.15) is 26.5 Å². The minimum Gasteiger partial charge on any atom is -0.459 e. The summed E-state index contributed by atoms with van der Waals surface area (Å²) in [5.41, 5.74) is -1.58.